The summed E-state index contributed by atoms with van der Waals surface area (Å²) in [6.07, 6.45) is 0.121. The van der Waals surface area contributed by atoms with E-state index in [0.29, 0.717) is 22.7 Å². The molecule has 2 aliphatic heterocycles. The van der Waals surface area contributed by atoms with Gasteiger partial charge in [-0.1, -0.05) is 24.3 Å². The largest absolute Gasteiger partial charge is 0.454 e. The normalized spacial score (nSPS) is 19.2. The van der Waals surface area contributed by atoms with Gasteiger partial charge < -0.3 is 19.7 Å². The number of carbonyl (C=O) groups is 3. The van der Waals surface area contributed by atoms with Crippen molar-refractivity contribution in [3.8, 4) is 17.6 Å². The molecule has 1 N–H and O–H groups in total. The lowest BCUT2D eigenvalue weighted by Crippen LogP contribution is -2.45. The fourth-order valence-corrected chi connectivity index (χ4v) is 3.63. The number of anilines is 1. The Morgan fingerprint density at radius 1 is 1.19 bits per heavy atom. The average molecular weight is 420 g/mol. The molecule has 0 aromatic heterocycles. The number of para-hydroxylation sites is 1. The minimum Gasteiger partial charge on any atom is -0.454 e. The van der Waals surface area contributed by atoms with Crippen LogP contribution in [0.2, 0.25) is 0 Å². The molecule has 2 aromatic rings. The molecule has 9 heteroatoms. The molecule has 0 bridgehead atoms. The lowest BCUT2D eigenvalue weighted by Gasteiger charge is -2.25. The molecule has 0 radical (unpaired) electrons. The molecule has 0 aliphatic carbocycles. The summed E-state index contributed by atoms with van der Waals surface area (Å²) in [4.78, 5) is 41.1. The molecule has 158 valence electrons. The van der Waals surface area contributed by atoms with Crippen molar-refractivity contribution in [1.82, 2.24) is 10.2 Å². The third-order valence-electron chi connectivity index (χ3n) is 5.33. The van der Waals surface area contributed by atoms with Crippen LogP contribution in [-0.2, 0) is 15.1 Å². The fraction of sp³-hybridized carbons (Fsp3) is 0.273. The van der Waals surface area contributed by atoms with Crippen LogP contribution >= 0.6 is 0 Å². The van der Waals surface area contributed by atoms with E-state index in [1.165, 1.54) is 4.90 Å². The van der Waals surface area contributed by atoms with Crippen LogP contribution in [0.1, 0.15) is 18.9 Å². The second kappa shape index (κ2) is 7.99. The highest BCUT2D eigenvalue weighted by Gasteiger charge is 2.50. The molecule has 2 aromatic carbocycles. The number of hydrogen-bond donors (Lipinski definition) is 1. The van der Waals surface area contributed by atoms with Crippen molar-refractivity contribution in [3.05, 3.63) is 54.1 Å². The smallest absolute Gasteiger partial charge is 0.325 e. The molecule has 4 rings (SSSR count). The first-order chi connectivity index (χ1) is 14.9. The highest BCUT2D eigenvalue weighted by Crippen LogP contribution is 2.37. The molecule has 9 nitrogen and oxygen atoms in total. The maximum absolute atomic E-state index is 13.2. The molecule has 2 heterocycles. The number of urea groups is 1. The first-order valence-corrected chi connectivity index (χ1v) is 9.70. The van der Waals surface area contributed by atoms with Gasteiger partial charge in [-0.05, 0) is 36.8 Å². The predicted molar refractivity (Wildman–Crippen MR) is 109 cm³/mol. The van der Waals surface area contributed by atoms with Crippen molar-refractivity contribution in [2.45, 2.75) is 18.9 Å². The van der Waals surface area contributed by atoms with Gasteiger partial charge in [-0.15, -0.1) is 0 Å². The van der Waals surface area contributed by atoms with E-state index >= 15 is 0 Å². The molecule has 1 unspecified atom stereocenters. The maximum atomic E-state index is 13.2. The Morgan fingerprint density at radius 2 is 1.94 bits per heavy atom. The Balaban J connectivity index is 1.56. The highest BCUT2D eigenvalue weighted by atomic mass is 16.7. The number of imide groups is 1. The number of benzene rings is 2. The van der Waals surface area contributed by atoms with Gasteiger partial charge in [0, 0.05) is 12.2 Å². The monoisotopic (exact) mass is 420 g/mol. The average Bonchev–Trinajstić information content (AvgIpc) is 3.33. The number of rotatable bonds is 6. The van der Waals surface area contributed by atoms with Gasteiger partial charge in [0.1, 0.15) is 12.1 Å². The SMILES string of the molecule is CC1(c2ccc3c(c2)OCO3)NC(=O)N(CC(=O)N(CCC#N)c2ccccc2)C1=O. The molecule has 31 heavy (non-hydrogen) atoms. The van der Waals surface area contributed by atoms with Gasteiger partial charge in [0.05, 0.1) is 12.5 Å². The van der Waals surface area contributed by atoms with Crippen LogP contribution in [0.3, 0.4) is 0 Å². The van der Waals surface area contributed by atoms with E-state index in [0.717, 1.165) is 4.90 Å². The van der Waals surface area contributed by atoms with Crippen LogP contribution in [0.15, 0.2) is 48.5 Å². The van der Waals surface area contributed by atoms with Crippen LogP contribution in [0.4, 0.5) is 10.5 Å². The third kappa shape index (κ3) is 3.64. The van der Waals surface area contributed by atoms with Crippen LogP contribution in [0, 0.1) is 11.3 Å². The molecule has 1 atom stereocenters. The van der Waals surface area contributed by atoms with Crippen molar-refractivity contribution in [3.63, 3.8) is 0 Å². The summed E-state index contributed by atoms with van der Waals surface area (Å²) in [6.45, 7) is 1.39. The summed E-state index contributed by atoms with van der Waals surface area (Å²) >= 11 is 0. The Labute approximate surface area is 178 Å². The first-order valence-electron chi connectivity index (χ1n) is 9.70. The Kier molecular flexibility index (Phi) is 5.21. The van der Waals surface area contributed by atoms with E-state index in [1.807, 2.05) is 12.1 Å². The zero-order valence-electron chi connectivity index (χ0n) is 16.8. The Hall–Kier alpha value is -4.06. The summed E-state index contributed by atoms with van der Waals surface area (Å²) in [5, 5.41) is 11.6. The molecule has 1 saturated heterocycles. The number of nitriles is 1. The van der Waals surface area contributed by atoms with Crippen molar-refractivity contribution >= 4 is 23.5 Å². The van der Waals surface area contributed by atoms with Gasteiger partial charge in [0.2, 0.25) is 12.7 Å². The molecule has 4 amide bonds. The number of fused-ring (bicyclic) bond motifs is 1. The van der Waals surface area contributed by atoms with Crippen molar-refractivity contribution < 1.29 is 23.9 Å². The maximum Gasteiger partial charge on any atom is 0.325 e. The van der Waals surface area contributed by atoms with Gasteiger partial charge in [-0.2, -0.15) is 5.26 Å². The quantitative estimate of drug-likeness (QED) is 0.717. The summed E-state index contributed by atoms with van der Waals surface area (Å²) in [5.41, 5.74) is -0.231. The standard InChI is InChI=1S/C22H20N4O5/c1-22(15-8-9-17-18(12-15)31-14-30-17)20(28)26(21(29)24-22)13-19(27)25(11-5-10-23)16-6-3-2-4-7-16/h2-4,6-9,12H,5,11,13-14H2,1H3,(H,24,29). The van der Waals surface area contributed by atoms with Gasteiger partial charge >= 0.3 is 6.03 Å². The lowest BCUT2D eigenvalue weighted by atomic mass is 9.91. The van der Waals surface area contributed by atoms with Crippen LogP contribution in [0.5, 0.6) is 11.5 Å². The second-order valence-corrected chi connectivity index (χ2v) is 7.30. The molecule has 0 saturated carbocycles. The number of ether oxygens (including phenoxy) is 2. The molecule has 0 spiro atoms. The summed E-state index contributed by atoms with van der Waals surface area (Å²) < 4.78 is 10.7. The number of nitrogens with zero attached hydrogens (tertiary/aromatic N) is 3. The number of nitrogens with one attached hydrogen (secondary N) is 1. The van der Waals surface area contributed by atoms with E-state index < -0.39 is 29.9 Å². The van der Waals surface area contributed by atoms with E-state index in [4.69, 9.17) is 14.7 Å². The number of hydrogen-bond acceptors (Lipinski definition) is 6. The zero-order valence-corrected chi connectivity index (χ0v) is 16.8. The van der Waals surface area contributed by atoms with Gasteiger partial charge in [0.25, 0.3) is 5.91 Å². The summed E-state index contributed by atoms with van der Waals surface area (Å²) in [7, 11) is 0. The topological polar surface area (TPSA) is 112 Å². The molecule has 1 fully saturated rings. The second-order valence-electron chi connectivity index (χ2n) is 7.30. The fourth-order valence-electron chi connectivity index (χ4n) is 3.63. The van der Waals surface area contributed by atoms with E-state index in [-0.39, 0.29) is 19.8 Å². The number of carbonyl (C=O) groups excluding carboxylic acids is 3. The molecule has 2 aliphatic rings. The lowest BCUT2D eigenvalue weighted by molar-refractivity contribution is -0.134. The van der Waals surface area contributed by atoms with Gasteiger partial charge in [-0.25, -0.2) is 4.79 Å². The van der Waals surface area contributed by atoms with E-state index in [1.54, 1.807) is 49.4 Å². The zero-order chi connectivity index (χ0) is 22.0. The van der Waals surface area contributed by atoms with Crippen molar-refractivity contribution in [1.29, 1.82) is 5.26 Å². The number of amides is 4. The first kappa shape index (κ1) is 20.2. The minimum atomic E-state index is -1.34. The minimum absolute atomic E-state index is 0.0917. The summed E-state index contributed by atoms with van der Waals surface area (Å²) in [5.74, 6) is 0.0482. The van der Waals surface area contributed by atoms with Crippen molar-refractivity contribution in [2.75, 3.05) is 24.8 Å². The third-order valence-corrected chi connectivity index (χ3v) is 5.33. The predicted octanol–water partition coefficient (Wildman–Crippen LogP) is 2.13. The van der Waals surface area contributed by atoms with Crippen LogP contribution in [-0.4, -0.2) is 42.6 Å². The van der Waals surface area contributed by atoms with Gasteiger partial charge in [-0.3, -0.25) is 14.5 Å². The van der Waals surface area contributed by atoms with Crippen LogP contribution in [0.25, 0.3) is 0 Å². The van der Waals surface area contributed by atoms with Gasteiger partial charge in [0.15, 0.2) is 11.5 Å². The summed E-state index contributed by atoms with van der Waals surface area (Å²) in [6, 6.07) is 15.2. The Morgan fingerprint density at radius 3 is 2.68 bits per heavy atom. The molecular formula is C22H20N4O5. The van der Waals surface area contributed by atoms with Crippen molar-refractivity contribution in [2.24, 2.45) is 0 Å². The van der Waals surface area contributed by atoms with E-state index in [2.05, 4.69) is 5.32 Å². The molecular weight excluding hydrogens is 400 g/mol. The van der Waals surface area contributed by atoms with Crippen LogP contribution < -0.4 is 19.7 Å². The highest BCUT2D eigenvalue weighted by molar-refractivity contribution is 6.10. The van der Waals surface area contributed by atoms with E-state index in [9.17, 15) is 14.4 Å². The Bertz CT molecular complexity index is 1080.